The van der Waals surface area contributed by atoms with Crippen molar-refractivity contribution in [2.45, 2.75) is 32.6 Å². The molecule has 1 atom stereocenters. The maximum Gasteiger partial charge on any atom is 0.329 e. The lowest BCUT2D eigenvalue weighted by molar-refractivity contribution is -0.118. The summed E-state index contributed by atoms with van der Waals surface area (Å²) in [5.41, 5.74) is 1.48. The van der Waals surface area contributed by atoms with Crippen molar-refractivity contribution in [1.82, 2.24) is 14.5 Å². The summed E-state index contributed by atoms with van der Waals surface area (Å²) in [5.74, 6) is -0.0299. The molecular weight excluding hydrogens is 332 g/mol. The molecule has 0 bridgehead atoms. The third-order valence-electron chi connectivity index (χ3n) is 5.17. The highest BCUT2D eigenvalue weighted by atomic mass is 16.2. The molecule has 0 radical (unpaired) electrons. The number of rotatable bonds is 1. The number of Topliss-reactive ketones (excluding diaryl/α,β-unsaturated/α-hetero) is 1. The SMILES string of the molecule is Cn1c2c(c(=O)[nH]c1=O)[C@H](c1ccncc1)C1=C(CC(C)(C)CC1=O)N2. The van der Waals surface area contributed by atoms with Gasteiger partial charge in [0.2, 0.25) is 0 Å². The lowest BCUT2D eigenvalue weighted by Crippen LogP contribution is -2.41. The third-order valence-corrected chi connectivity index (χ3v) is 5.17. The summed E-state index contributed by atoms with van der Waals surface area (Å²) in [5, 5.41) is 3.22. The second-order valence-electron chi connectivity index (χ2n) is 7.75. The molecule has 0 saturated carbocycles. The second-order valence-corrected chi connectivity index (χ2v) is 7.75. The van der Waals surface area contributed by atoms with Gasteiger partial charge in [0.15, 0.2) is 5.78 Å². The molecular formula is C19H20N4O3. The third kappa shape index (κ3) is 2.42. The van der Waals surface area contributed by atoms with Gasteiger partial charge in [0.1, 0.15) is 5.82 Å². The molecule has 1 aliphatic heterocycles. The molecule has 2 aromatic heterocycles. The Balaban J connectivity index is 2.05. The Bertz CT molecular complexity index is 1060. The largest absolute Gasteiger partial charge is 0.344 e. The monoisotopic (exact) mass is 352 g/mol. The Morgan fingerprint density at radius 2 is 1.85 bits per heavy atom. The minimum Gasteiger partial charge on any atom is -0.344 e. The van der Waals surface area contributed by atoms with Crippen molar-refractivity contribution in [3.63, 3.8) is 0 Å². The number of nitrogens with one attached hydrogen (secondary N) is 2. The maximum absolute atomic E-state index is 13.0. The number of carbonyl (C=O) groups is 1. The molecule has 26 heavy (non-hydrogen) atoms. The van der Waals surface area contributed by atoms with Gasteiger partial charge in [0.25, 0.3) is 5.56 Å². The first-order chi connectivity index (χ1) is 12.3. The molecule has 0 amide bonds. The number of fused-ring (bicyclic) bond motifs is 1. The number of pyridine rings is 1. The lowest BCUT2D eigenvalue weighted by atomic mass is 9.69. The summed E-state index contributed by atoms with van der Waals surface area (Å²) >= 11 is 0. The molecule has 2 aromatic rings. The topological polar surface area (TPSA) is 96.8 Å². The molecule has 3 heterocycles. The molecule has 7 heteroatoms. The Labute approximate surface area is 149 Å². The second kappa shape index (κ2) is 5.52. The van der Waals surface area contributed by atoms with Gasteiger partial charge >= 0.3 is 5.69 Å². The Hall–Kier alpha value is -2.96. The number of H-pyrrole nitrogens is 1. The normalized spacial score (nSPS) is 21.0. The fourth-order valence-electron chi connectivity index (χ4n) is 4.01. The first-order valence-electron chi connectivity index (χ1n) is 8.55. The summed E-state index contributed by atoms with van der Waals surface area (Å²) in [6.45, 7) is 4.09. The quantitative estimate of drug-likeness (QED) is 0.814. The van der Waals surface area contributed by atoms with Gasteiger partial charge in [-0.1, -0.05) is 13.8 Å². The fraction of sp³-hybridized carbons (Fsp3) is 0.368. The number of hydrogen-bond acceptors (Lipinski definition) is 5. The smallest absolute Gasteiger partial charge is 0.329 e. The van der Waals surface area contributed by atoms with Crippen LogP contribution < -0.4 is 16.6 Å². The van der Waals surface area contributed by atoms with Crippen LogP contribution in [0.15, 0.2) is 45.4 Å². The summed E-state index contributed by atoms with van der Waals surface area (Å²) < 4.78 is 1.39. The van der Waals surface area contributed by atoms with E-state index < -0.39 is 17.2 Å². The summed E-state index contributed by atoms with van der Waals surface area (Å²) in [7, 11) is 1.61. The van der Waals surface area contributed by atoms with Crippen LogP contribution in [0.5, 0.6) is 0 Å². The van der Waals surface area contributed by atoms with Crippen LogP contribution in [-0.2, 0) is 11.8 Å². The van der Waals surface area contributed by atoms with Gasteiger partial charge in [0, 0.05) is 43.1 Å². The zero-order valence-corrected chi connectivity index (χ0v) is 14.9. The summed E-state index contributed by atoms with van der Waals surface area (Å²) in [4.78, 5) is 44.2. The van der Waals surface area contributed by atoms with Crippen LogP contribution in [0.1, 0.15) is 43.7 Å². The first kappa shape index (κ1) is 16.5. The summed E-state index contributed by atoms with van der Waals surface area (Å²) in [6, 6.07) is 3.62. The molecule has 0 saturated heterocycles. The van der Waals surface area contributed by atoms with Crippen LogP contribution in [0.3, 0.4) is 0 Å². The van der Waals surface area contributed by atoms with Crippen molar-refractivity contribution in [3.05, 3.63) is 67.8 Å². The number of nitrogens with zero attached hydrogens (tertiary/aromatic N) is 2. The van der Waals surface area contributed by atoms with E-state index in [1.165, 1.54) is 4.57 Å². The molecule has 1 aliphatic carbocycles. The van der Waals surface area contributed by atoms with Crippen molar-refractivity contribution in [1.29, 1.82) is 0 Å². The van der Waals surface area contributed by atoms with Crippen LogP contribution in [-0.4, -0.2) is 20.3 Å². The van der Waals surface area contributed by atoms with Crippen LogP contribution in [0.2, 0.25) is 0 Å². The van der Waals surface area contributed by atoms with E-state index in [2.05, 4.69) is 15.3 Å². The number of carbonyl (C=O) groups excluding carboxylic acids is 1. The minimum absolute atomic E-state index is 0.0319. The van der Waals surface area contributed by atoms with E-state index in [0.29, 0.717) is 29.8 Å². The zero-order chi connectivity index (χ0) is 18.6. The van der Waals surface area contributed by atoms with Crippen LogP contribution in [0, 0.1) is 5.41 Å². The zero-order valence-electron chi connectivity index (χ0n) is 14.9. The van der Waals surface area contributed by atoms with Gasteiger partial charge in [-0.15, -0.1) is 0 Å². The molecule has 2 aliphatic rings. The molecule has 7 nitrogen and oxygen atoms in total. The van der Waals surface area contributed by atoms with Gasteiger partial charge in [-0.05, 0) is 29.5 Å². The first-order valence-corrected chi connectivity index (χ1v) is 8.55. The Morgan fingerprint density at radius 3 is 2.54 bits per heavy atom. The number of ketones is 1. The maximum atomic E-state index is 13.0. The fourth-order valence-corrected chi connectivity index (χ4v) is 4.01. The average Bonchev–Trinajstić information content (AvgIpc) is 2.57. The van der Waals surface area contributed by atoms with Gasteiger partial charge < -0.3 is 5.32 Å². The molecule has 0 unspecified atom stereocenters. The van der Waals surface area contributed by atoms with Crippen molar-refractivity contribution in [3.8, 4) is 0 Å². The molecule has 134 valence electrons. The highest BCUT2D eigenvalue weighted by Gasteiger charge is 2.42. The lowest BCUT2D eigenvalue weighted by Gasteiger charge is -2.39. The van der Waals surface area contributed by atoms with Crippen LogP contribution in [0.4, 0.5) is 5.82 Å². The number of aromatic amines is 1. The standard InChI is InChI=1S/C19H20N4O3/c1-19(2)8-11-14(12(24)9-19)13(10-4-6-20-7-5-10)15-16(21-11)23(3)18(26)22-17(15)25/h4-7,13,21H,8-9H2,1-3H3,(H,22,25,26)/t13-/m1/s1. The Morgan fingerprint density at radius 1 is 1.15 bits per heavy atom. The summed E-state index contributed by atoms with van der Waals surface area (Å²) in [6.07, 6.45) is 4.39. The van der Waals surface area contributed by atoms with Crippen molar-refractivity contribution < 1.29 is 4.79 Å². The van der Waals surface area contributed by atoms with E-state index in [-0.39, 0.29) is 11.2 Å². The number of allylic oxidation sites excluding steroid dienone is 2. The Kier molecular flexibility index (Phi) is 3.50. The van der Waals surface area contributed by atoms with Crippen molar-refractivity contribution in [2.75, 3.05) is 5.32 Å². The van der Waals surface area contributed by atoms with Gasteiger partial charge in [-0.2, -0.15) is 0 Å². The molecule has 0 aromatic carbocycles. The minimum atomic E-state index is -0.511. The number of anilines is 1. The van der Waals surface area contributed by atoms with E-state index in [1.807, 2.05) is 26.0 Å². The van der Waals surface area contributed by atoms with E-state index >= 15 is 0 Å². The van der Waals surface area contributed by atoms with E-state index in [4.69, 9.17) is 0 Å². The van der Waals surface area contributed by atoms with E-state index in [0.717, 1.165) is 11.3 Å². The highest BCUT2D eigenvalue weighted by Crippen LogP contribution is 2.47. The van der Waals surface area contributed by atoms with E-state index in [1.54, 1.807) is 19.4 Å². The van der Waals surface area contributed by atoms with Gasteiger partial charge in [0.05, 0.1) is 5.56 Å². The molecule has 0 spiro atoms. The van der Waals surface area contributed by atoms with Crippen LogP contribution in [0.25, 0.3) is 0 Å². The van der Waals surface area contributed by atoms with Crippen LogP contribution >= 0.6 is 0 Å². The number of aromatic nitrogens is 3. The van der Waals surface area contributed by atoms with Crippen molar-refractivity contribution >= 4 is 11.6 Å². The average molecular weight is 352 g/mol. The van der Waals surface area contributed by atoms with Crippen molar-refractivity contribution in [2.24, 2.45) is 12.5 Å². The highest BCUT2D eigenvalue weighted by molar-refractivity contribution is 6.01. The molecule has 4 rings (SSSR count). The predicted molar refractivity (Wildman–Crippen MR) is 97.1 cm³/mol. The van der Waals surface area contributed by atoms with Gasteiger partial charge in [-0.3, -0.25) is 24.1 Å². The van der Waals surface area contributed by atoms with Gasteiger partial charge in [-0.25, -0.2) is 4.79 Å². The molecule has 0 fully saturated rings. The predicted octanol–water partition coefficient (Wildman–Crippen LogP) is 1.67. The molecule has 2 N–H and O–H groups in total. The number of hydrogen-bond donors (Lipinski definition) is 2. The van der Waals surface area contributed by atoms with E-state index in [9.17, 15) is 14.4 Å².